The first-order chi connectivity index (χ1) is 9.72. The maximum absolute atomic E-state index is 12.3. The summed E-state index contributed by atoms with van der Waals surface area (Å²) in [4.78, 5) is 11.1. The van der Waals surface area contributed by atoms with Crippen molar-refractivity contribution in [3.05, 3.63) is 39.5 Å². The fourth-order valence-electron chi connectivity index (χ4n) is 1.68. The Morgan fingerprint density at radius 3 is 2.67 bits per heavy atom. The van der Waals surface area contributed by atoms with E-state index in [9.17, 15) is 13.2 Å². The molecule has 0 bridgehead atoms. The quantitative estimate of drug-likeness (QED) is 0.829. The van der Waals surface area contributed by atoms with E-state index >= 15 is 0 Å². The van der Waals surface area contributed by atoms with Crippen LogP contribution in [0, 0.1) is 0 Å². The smallest absolute Gasteiger partial charge is 0.337 e. The summed E-state index contributed by atoms with van der Waals surface area (Å²) < 4.78 is 28.5. The molecular formula is C11H9BrClN3O4S. The number of hydrogen-bond acceptors (Lipinski definition) is 4. The van der Waals surface area contributed by atoms with E-state index in [-0.39, 0.29) is 21.3 Å². The standard InChI is InChI=1S/C11H9BrClN3O4S/c1-16-10(8(13)5-14-16)21(19,20)15-9-4-6(12)2-3-7(9)11(17)18/h2-5,15H,1H3,(H,17,18). The molecule has 0 aliphatic heterocycles. The molecule has 0 aliphatic rings. The van der Waals surface area contributed by atoms with E-state index in [2.05, 4.69) is 25.8 Å². The van der Waals surface area contributed by atoms with Crippen molar-refractivity contribution >= 4 is 49.2 Å². The summed E-state index contributed by atoms with van der Waals surface area (Å²) in [6.07, 6.45) is 1.19. The molecule has 1 aromatic carbocycles. The lowest BCUT2D eigenvalue weighted by Crippen LogP contribution is -2.19. The highest BCUT2D eigenvalue weighted by molar-refractivity contribution is 9.10. The van der Waals surface area contributed by atoms with E-state index in [1.807, 2.05) is 0 Å². The first kappa shape index (κ1) is 15.8. The number of carboxylic acids is 1. The summed E-state index contributed by atoms with van der Waals surface area (Å²) in [5.41, 5.74) is -0.255. The molecule has 0 atom stereocenters. The zero-order chi connectivity index (χ0) is 15.8. The third-order valence-electron chi connectivity index (χ3n) is 2.55. The van der Waals surface area contributed by atoms with Gasteiger partial charge in [0.1, 0.15) is 0 Å². The topological polar surface area (TPSA) is 101 Å². The number of nitrogens with zero attached hydrogens (tertiary/aromatic N) is 2. The molecule has 0 spiro atoms. The molecule has 21 heavy (non-hydrogen) atoms. The Balaban J connectivity index is 2.51. The lowest BCUT2D eigenvalue weighted by molar-refractivity contribution is 0.0698. The molecule has 2 N–H and O–H groups in total. The van der Waals surface area contributed by atoms with Crippen molar-refractivity contribution in [1.29, 1.82) is 0 Å². The second-order valence-electron chi connectivity index (χ2n) is 4.02. The number of nitrogens with one attached hydrogen (secondary N) is 1. The zero-order valence-corrected chi connectivity index (χ0v) is 13.7. The normalized spacial score (nSPS) is 11.4. The summed E-state index contributed by atoms with van der Waals surface area (Å²) in [5.74, 6) is -1.25. The molecule has 0 fully saturated rings. The third kappa shape index (κ3) is 3.20. The average Bonchev–Trinajstić information content (AvgIpc) is 2.68. The number of benzene rings is 1. The molecule has 0 radical (unpaired) electrons. The average molecular weight is 395 g/mol. The first-order valence-corrected chi connectivity index (χ1v) is 8.11. The molecule has 0 aliphatic carbocycles. The molecule has 0 unspecified atom stereocenters. The number of aromatic nitrogens is 2. The molecule has 2 aromatic rings. The lowest BCUT2D eigenvalue weighted by Gasteiger charge is -2.11. The number of carboxylic acid groups (broad SMARTS) is 1. The Hall–Kier alpha value is -1.58. The monoisotopic (exact) mass is 393 g/mol. The van der Waals surface area contributed by atoms with Crippen LogP contribution in [0.25, 0.3) is 0 Å². The van der Waals surface area contributed by atoms with Gasteiger partial charge in [-0.1, -0.05) is 27.5 Å². The molecule has 10 heteroatoms. The van der Waals surface area contributed by atoms with Crippen LogP contribution in [0.2, 0.25) is 5.02 Å². The Labute approximate surface area is 133 Å². The summed E-state index contributed by atoms with van der Waals surface area (Å²) in [7, 11) is -2.65. The molecule has 0 amide bonds. The van der Waals surface area contributed by atoms with Crippen molar-refractivity contribution in [2.45, 2.75) is 5.03 Å². The molecule has 2 rings (SSSR count). The van der Waals surface area contributed by atoms with Gasteiger partial charge in [0.2, 0.25) is 0 Å². The predicted molar refractivity (Wildman–Crippen MR) is 80.1 cm³/mol. The van der Waals surface area contributed by atoms with Crippen LogP contribution in [-0.4, -0.2) is 29.3 Å². The van der Waals surface area contributed by atoms with Crippen LogP contribution in [0.15, 0.2) is 33.9 Å². The third-order valence-corrected chi connectivity index (χ3v) is 4.92. The van der Waals surface area contributed by atoms with Crippen molar-refractivity contribution < 1.29 is 18.3 Å². The molecule has 7 nitrogen and oxygen atoms in total. The number of anilines is 1. The summed E-state index contributed by atoms with van der Waals surface area (Å²) in [5, 5.41) is 12.5. The van der Waals surface area contributed by atoms with Gasteiger partial charge in [0.05, 0.1) is 22.5 Å². The van der Waals surface area contributed by atoms with Crippen LogP contribution in [-0.2, 0) is 17.1 Å². The van der Waals surface area contributed by atoms with Crippen LogP contribution < -0.4 is 4.72 Å². The van der Waals surface area contributed by atoms with E-state index in [1.165, 1.54) is 31.4 Å². The number of sulfonamides is 1. The summed E-state index contributed by atoms with van der Waals surface area (Å²) >= 11 is 8.96. The van der Waals surface area contributed by atoms with Crippen LogP contribution in [0.4, 0.5) is 5.69 Å². The van der Waals surface area contributed by atoms with Gasteiger partial charge in [0.15, 0.2) is 5.03 Å². The van der Waals surface area contributed by atoms with E-state index in [0.29, 0.717) is 4.47 Å². The predicted octanol–water partition coefficient (Wildman–Crippen LogP) is 2.33. The maximum atomic E-state index is 12.3. The Morgan fingerprint density at radius 2 is 2.14 bits per heavy atom. The number of halogens is 2. The highest BCUT2D eigenvalue weighted by atomic mass is 79.9. The van der Waals surface area contributed by atoms with Crippen molar-refractivity contribution in [2.75, 3.05) is 4.72 Å². The van der Waals surface area contributed by atoms with Crippen LogP contribution in [0.1, 0.15) is 10.4 Å². The maximum Gasteiger partial charge on any atom is 0.337 e. The van der Waals surface area contributed by atoms with Gasteiger partial charge in [0, 0.05) is 11.5 Å². The minimum atomic E-state index is -4.07. The largest absolute Gasteiger partial charge is 0.478 e. The Morgan fingerprint density at radius 1 is 1.48 bits per heavy atom. The van der Waals surface area contributed by atoms with Crippen molar-refractivity contribution in [2.24, 2.45) is 7.05 Å². The fraction of sp³-hybridized carbons (Fsp3) is 0.0909. The van der Waals surface area contributed by atoms with E-state index in [0.717, 1.165) is 4.68 Å². The first-order valence-electron chi connectivity index (χ1n) is 5.45. The van der Waals surface area contributed by atoms with E-state index < -0.39 is 16.0 Å². The Bertz CT molecular complexity index is 799. The van der Waals surface area contributed by atoms with Gasteiger partial charge >= 0.3 is 5.97 Å². The fourth-order valence-corrected chi connectivity index (χ4v) is 3.77. The number of aromatic carboxylic acids is 1. The minimum absolute atomic E-state index is 0.0585. The molecule has 1 heterocycles. The summed E-state index contributed by atoms with van der Waals surface area (Å²) in [6, 6.07) is 4.14. The van der Waals surface area contributed by atoms with Crippen molar-refractivity contribution in [1.82, 2.24) is 9.78 Å². The molecule has 0 saturated carbocycles. The van der Waals surface area contributed by atoms with Crippen LogP contribution in [0.5, 0.6) is 0 Å². The second kappa shape index (κ2) is 5.66. The van der Waals surface area contributed by atoms with Gasteiger partial charge in [-0.15, -0.1) is 0 Å². The molecule has 112 valence electrons. The van der Waals surface area contributed by atoms with Gasteiger partial charge in [-0.2, -0.15) is 13.5 Å². The Kier molecular flexibility index (Phi) is 4.26. The zero-order valence-electron chi connectivity index (χ0n) is 10.5. The van der Waals surface area contributed by atoms with Crippen molar-refractivity contribution in [3.8, 4) is 0 Å². The number of carbonyl (C=O) groups is 1. The SMILES string of the molecule is Cn1ncc(Cl)c1S(=O)(=O)Nc1cc(Br)ccc1C(=O)O. The van der Waals surface area contributed by atoms with Crippen molar-refractivity contribution in [3.63, 3.8) is 0 Å². The molecule has 0 saturated heterocycles. The summed E-state index contributed by atoms with van der Waals surface area (Å²) in [6.45, 7) is 0. The van der Waals surface area contributed by atoms with Gasteiger partial charge < -0.3 is 5.11 Å². The number of aryl methyl sites for hydroxylation is 1. The van der Waals surface area contributed by atoms with E-state index in [4.69, 9.17) is 16.7 Å². The molecular weight excluding hydrogens is 386 g/mol. The molecule has 1 aromatic heterocycles. The van der Waals surface area contributed by atoms with E-state index in [1.54, 1.807) is 0 Å². The van der Waals surface area contributed by atoms with Gasteiger partial charge in [0.25, 0.3) is 10.0 Å². The van der Waals surface area contributed by atoms with Crippen LogP contribution >= 0.6 is 27.5 Å². The van der Waals surface area contributed by atoms with Gasteiger partial charge in [-0.05, 0) is 18.2 Å². The lowest BCUT2D eigenvalue weighted by atomic mass is 10.2. The highest BCUT2D eigenvalue weighted by Gasteiger charge is 2.25. The number of rotatable bonds is 4. The highest BCUT2D eigenvalue weighted by Crippen LogP contribution is 2.27. The van der Waals surface area contributed by atoms with Gasteiger partial charge in [-0.25, -0.2) is 4.79 Å². The second-order valence-corrected chi connectivity index (χ2v) is 6.94. The number of hydrogen-bond donors (Lipinski definition) is 2. The van der Waals surface area contributed by atoms with Crippen LogP contribution in [0.3, 0.4) is 0 Å². The van der Waals surface area contributed by atoms with Gasteiger partial charge in [-0.3, -0.25) is 9.40 Å². The minimum Gasteiger partial charge on any atom is -0.478 e.